The van der Waals surface area contributed by atoms with Gasteiger partial charge >= 0.3 is 0 Å². The number of fused-ring (bicyclic) bond motifs is 1. The van der Waals surface area contributed by atoms with E-state index in [2.05, 4.69) is 33.6 Å². The standard InChI is InChI=1S/C35H43ClN6O4/c1-4-29-27(22-37)35(38-25-8-9-32(28(36)19-25)46-23-24-10-17-44-18-11-24)26-20-31(33(45-5-2)21-30(26)39-29)40-34(43)7-6-12-42-15-13-41(3)14-16-42/h6-9,19-21,24H,4-5,10-18,23H2,1-3H3,(H,38,39)(H,40,43)/b7-6+. The van der Waals surface area contributed by atoms with Crippen LogP contribution >= 0.6 is 11.6 Å². The summed E-state index contributed by atoms with van der Waals surface area (Å²) in [6.07, 6.45) is 5.96. The maximum Gasteiger partial charge on any atom is 0.248 e. The number of amides is 1. The normalized spacial score (nSPS) is 16.4. The number of hydrogen-bond donors (Lipinski definition) is 2. The van der Waals surface area contributed by atoms with E-state index in [0.29, 0.717) is 87.8 Å². The molecule has 0 aliphatic carbocycles. The van der Waals surface area contributed by atoms with Crippen molar-refractivity contribution in [1.82, 2.24) is 14.8 Å². The highest BCUT2D eigenvalue weighted by atomic mass is 35.5. The lowest BCUT2D eigenvalue weighted by molar-refractivity contribution is -0.111. The molecule has 5 rings (SSSR count). The van der Waals surface area contributed by atoms with Gasteiger partial charge in [0.15, 0.2) is 0 Å². The third-order valence-electron chi connectivity index (χ3n) is 8.41. The van der Waals surface area contributed by atoms with Crippen LogP contribution in [0.15, 0.2) is 42.5 Å². The minimum absolute atomic E-state index is 0.259. The largest absolute Gasteiger partial charge is 0.492 e. The first-order valence-corrected chi connectivity index (χ1v) is 16.4. The Morgan fingerprint density at radius 3 is 2.61 bits per heavy atom. The van der Waals surface area contributed by atoms with Crippen LogP contribution in [0, 0.1) is 17.2 Å². The molecule has 1 amide bonds. The summed E-state index contributed by atoms with van der Waals surface area (Å²) in [6, 6.07) is 11.5. The number of anilines is 3. The van der Waals surface area contributed by atoms with Crippen molar-refractivity contribution in [3.05, 3.63) is 58.8 Å². The van der Waals surface area contributed by atoms with Crippen molar-refractivity contribution >= 4 is 45.5 Å². The number of nitriles is 1. The number of rotatable bonds is 12. The Balaban J connectivity index is 1.40. The van der Waals surface area contributed by atoms with E-state index < -0.39 is 0 Å². The Morgan fingerprint density at radius 1 is 1.13 bits per heavy atom. The number of aryl methyl sites for hydroxylation is 1. The second-order valence-corrected chi connectivity index (χ2v) is 12.1. The summed E-state index contributed by atoms with van der Waals surface area (Å²) in [7, 11) is 2.12. The van der Waals surface area contributed by atoms with Gasteiger partial charge in [-0.1, -0.05) is 24.6 Å². The average molecular weight is 647 g/mol. The zero-order chi connectivity index (χ0) is 32.5. The van der Waals surface area contributed by atoms with Crippen molar-refractivity contribution in [2.75, 3.05) is 76.8 Å². The van der Waals surface area contributed by atoms with Crippen molar-refractivity contribution in [2.45, 2.75) is 33.1 Å². The number of nitrogens with one attached hydrogen (secondary N) is 2. The van der Waals surface area contributed by atoms with E-state index in [1.165, 1.54) is 0 Å². The number of carbonyl (C=O) groups excluding carboxylic acids is 1. The van der Waals surface area contributed by atoms with Gasteiger partial charge in [0.25, 0.3) is 0 Å². The topological polar surface area (TPSA) is 112 Å². The zero-order valence-electron chi connectivity index (χ0n) is 26.9. The number of ether oxygens (including phenoxy) is 3. The number of likely N-dealkylation sites (N-methyl/N-ethyl adjacent to an activating group) is 1. The Hall–Kier alpha value is -3.88. The Morgan fingerprint density at radius 2 is 1.91 bits per heavy atom. The summed E-state index contributed by atoms with van der Waals surface area (Å²) in [4.78, 5) is 22.4. The van der Waals surface area contributed by atoms with E-state index in [1.807, 2.05) is 44.2 Å². The first kappa shape index (κ1) is 33.5. The van der Waals surface area contributed by atoms with E-state index >= 15 is 0 Å². The maximum absolute atomic E-state index is 13.0. The number of carbonyl (C=O) groups is 1. The molecule has 2 aliphatic heterocycles. The summed E-state index contributed by atoms with van der Waals surface area (Å²) < 4.78 is 17.4. The lowest BCUT2D eigenvalue weighted by atomic mass is 10.0. The van der Waals surface area contributed by atoms with E-state index in [9.17, 15) is 10.1 Å². The van der Waals surface area contributed by atoms with Gasteiger partial charge in [0.1, 0.15) is 17.6 Å². The van der Waals surface area contributed by atoms with Crippen LogP contribution in [0.1, 0.15) is 37.9 Å². The fourth-order valence-electron chi connectivity index (χ4n) is 5.70. The van der Waals surface area contributed by atoms with Crippen LogP contribution in [0.3, 0.4) is 0 Å². The SMILES string of the molecule is CCOc1cc2nc(CC)c(C#N)c(Nc3ccc(OCC4CCOCC4)c(Cl)c3)c2cc1NC(=O)/C=C/CN1CCN(C)CC1. The smallest absolute Gasteiger partial charge is 0.248 e. The fraction of sp³-hybridized carbons (Fsp3) is 0.457. The second kappa shape index (κ2) is 16.1. The third-order valence-corrected chi connectivity index (χ3v) is 8.71. The Kier molecular flexibility index (Phi) is 11.7. The summed E-state index contributed by atoms with van der Waals surface area (Å²) in [5.41, 5.74) is 3.51. The van der Waals surface area contributed by atoms with Gasteiger partial charge in [-0.15, -0.1) is 0 Å². The summed E-state index contributed by atoms with van der Waals surface area (Å²) >= 11 is 6.66. The molecule has 2 saturated heterocycles. The molecule has 0 spiro atoms. The number of nitrogens with zero attached hydrogens (tertiary/aromatic N) is 4. The van der Waals surface area contributed by atoms with Gasteiger partial charge in [-0.3, -0.25) is 14.7 Å². The van der Waals surface area contributed by atoms with Crippen molar-refractivity contribution < 1.29 is 19.0 Å². The first-order chi connectivity index (χ1) is 22.4. The molecular formula is C35H43ClN6O4. The van der Waals surface area contributed by atoms with Crippen LogP contribution in [0.25, 0.3) is 10.9 Å². The molecule has 0 bridgehead atoms. The van der Waals surface area contributed by atoms with Gasteiger partial charge < -0.3 is 29.7 Å². The molecule has 2 N–H and O–H groups in total. The summed E-state index contributed by atoms with van der Waals surface area (Å²) in [5, 5.41) is 17.8. The molecule has 1 aromatic heterocycles. The van der Waals surface area contributed by atoms with Crippen molar-refractivity contribution in [3.63, 3.8) is 0 Å². The molecule has 46 heavy (non-hydrogen) atoms. The molecule has 11 heteroatoms. The van der Waals surface area contributed by atoms with Gasteiger partial charge in [0, 0.05) is 69.2 Å². The minimum Gasteiger partial charge on any atom is -0.492 e. The van der Waals surface area contributed by atoms with Gasteiger partial charge in [0.2, 0.25) is 5.91 Å². The van der Waals surface area contributed by atoms with E-state index in [1.54, 1.807) is 12.1 Å². The van der Waals surface area contributed by atoms with E-state index in [-0.39, 0.29) is 5.91 Å². The fourth-order valence-corrected chi connectivity index (χ4v) is 5.93. The predicted octanol–water partition coefficient (Wildman–Crippen LogP) is 6.01. The molecule has 2 aromatic carbocycles. The van der Waals surface area contributed by atoms with Crippen LogP contribution in [0.5, 0.6) is 11.5 Å². The Bertz CT molecular complexity index is 1590. The maximum atomic E-state index is 13.0. The van der Waals surface area contributed by atoms with Crippen LogP contribution in [-0.4, -0.2) is 86.9 Å². The minimum atomic E-state index is -0.259. The highest BCUT2D eigenvalue weighted by Gasteiger charge is 2.20. The molecule has 2 aliphatic rings. The van der Waals surface area contributed by atoms with Crippen LogP contribution < -0.4 is 20.1 Å². The van der Waals surface area contributed by atoms with Gasteiger partial charge in [-0.05, 0) is 63.4 Å². The van der Waals surface area contributed by atoms with Crippen molar-refractivity contribution in [1.29, 1.82) is 5.26 Å². The molecule has 2 fully saturated rings. The van der Waals surface area contributed by atoms with Crippen molar-refractivity contribution in [2.24, 2.45) is 5.92 Å². The quantitative estimate of drug-likeness (QED) is 0.228. The van der Waals surface area contributed by atoms with Crippen LogP contribution in [0.4, 0.5) is 17.1 Å². The number of halogens is 1. The molecule has 3 heterocycles. The third kappa shape index (κ3) is 8.47. The van der Waals surface area contributed by atoms with E-state index in [4.69, 9.17) is 30.8 Å². The lowest BCUT2D eigenvalue weighted by Gasteiger charge is -2.31. The average Bonchev–Trinajstić information content (AvgIpc) is 3.06. The van der Waals surface area contributed by atoms with Crippen molar-refractivity contribution in [3.8, 4) is 17.6 Å². The highest BCUT2D eigenvalue weighted by molar-refractivity contribution is 6.32. The number of benzene rings is 2. The monoisotopic (exact) mass is 646 g/mol. The number of aromatic nitrogens is 1. The molecule has 244 valence electrons. The molecule has 0 unspecified atom stereocenters. The number of hydrogen-bond acceptors (Lipinski definition) is 9. The number of pyridine rings is 1. The molecule has 3 aromatic rings. The summed E-state index contributed by atoms with van der Waals surface area (Å²) in [5.74, 6) is 1.31. The highest BCUT2D eigenvalue weighted by Crippen LogP contribution is 2.38. The molecule has 0 saturated carbocycles. The molecule has 0 atom stereocenters. The lowest BCUT2D eigenvalue weighted by Crippen LogP contribution is -2.44. The predicted molar refractivity (Wildman–Crippen MR) is 182 cm³/mol. The van der Waals surface area contributed by atoms with Gasteiger partial charge in [0.05, 0.1) is 46.4 Å². The molecule has 10 nitrogen and oxygen atoms in total. The first-order valence-electron chi connectivity index (χ1n) is 16.1. The zero-order valence-corrected chi connectivity index (χ0v) is 27.7. The summed E-state index contributed by atoms with van der Waals surface area (Å²) in [6.45, 7) is 11.1. The second-order valence-electron chi connectivity index (χ2n) is 11.7. The molecule has 0 radical (unpaired) electrons. The molecular weight excluding hydrogens is 604 g/mol. The van der Waals surface area contributed by atoms with Gasteiger partial charge in [-0.25, -0.2) is 0 Å². The Labute approximate surface area is 276 Å². The van der Waals surface area contributed by atoms with Crippen LogP contribution in [-0.2, 0) is 16.0 Å². The van der Waals surface area contributed by atoms with E-state index in [0.717, 1.165) is 52.2 Å². The van der Waals surface area contributed by atoms with Gasteiger partial charge in [-0.2, -0.15) is 5.26 Å². The number of piperazine rings is 1. The van der Waals surface area contributed by atoms with Crippen LogP contribution in [0.2, 0.25) is 5.02 Å².